The minimum atomic E-state index is -0.508. The van der Waals surface area contributed by atoms with Gasteiger partial charge in [0.2, 0.25) is 5.91 Å². The van der Waals surface area contributed by atoms with Crippen LogP contribution in [0.2, 0.25) is 0 Å². The number of amides is 1. The summed E-state index contributed by atoms with van der Waals surface area (Å²) in [5.74, 6) is 0.828. The molecule has 1 aromatic carbocycles. The highest BCUT2D eigenvalue weighted by atomic mass is 32.2. The second-order valence-corrected chi connectivity index (χ2v) is 9.56. The molecule has 0 spiro atoms. The predicted molar refractivity (Wildman–Crippen MR) is 132 cm³/mol. The zero-order valence-electron chi connectivity index (χ0n) is 20.3. The van der Waals surface area contributed by atoms with Crippen LogP contribution in [0.5, 0.6) is 11.5 Å². The largest absolute Gasteiger partial charge is 0.493 e. The molecule has 8 nitrogen and oxygen atoms in total. The Hall–Kier alpha value is -2.94. The molecule has 0 aromatic heterocycles. The highest BCUT2D eigenvalue weighted by molar-refractivity contribution is 8.16. The van der Waals surface area contributed by atoms with E-state index in [1.54, 1.807) is 14.2 Å². The number of aliphatic imine (C=N–C) groups is 1. The van der Waals surface area contributed by atoms with E-state index in [1.165, 1.54) is 11.8 Å². The highest BCUT2D eigenvalue weighted by Crippen LogP contribution is 2.46. The van der Waals surface area contributed by atoms with E-state index in [0.29, 0.717) is 22.8 Å². The Kier molecular flexibility index (Phi) is 7.21. The molecule has 0 aliphatic carbocycles. The van der Waals surface area contributed by atoms with Gasteiger partial charge in [-0.25, -0.2) is 9.79 Å². The Labute approximate surface area is 204 Å². The maximum atomic E-state index is 13.3. The molecule has 1 aromatic rings. The predicted octanol–water partition coefficient (Wildman–Crippen LogP) is 4.24. The van der Waals surface area contributed by atoms with Crippen molar-refractivity contribution in [2.45, 2.75) is 52.2 Å². The third kappa shape index (κ3) is 4.66. The molecule has 0 radical (unpaired) electrons. The lowest BCUT2D eigenvalue weighted by Crippen LogP contribution is -2.38. The number of esters is 1. The molecule has 0 saturated carbocycles. The maximum absolute atomic E-state index is 13.3. The fourth-order valence-corrected chi connectivity index (χ4v) is 5.44. The number of benzene rings is 1. The molecule has 1 unspecified atom stereocenters. The Morgan fingerprint density at radius 1 is 1.15 bits per heavy atom. The van der Waals surface area contributed by atoms with Crippen molar-refractivity contribution in [2.24, 2.45) is 4.99 Å². The van der Waals surface area contributed by atoms with Crippen molar-refractivity contribution in [3.8, 4) is 11.5 Å². The van der Waals surface area contributed by atoms with E-state index in [1.807, 2.05) is 54.2 Å². The van der Waals surface area contributed by atoms with Gasteiger partial charge in [0.25, 0.3) is 0 Å². The molecule has 1 saturated heterocycles. The molecule has 0 bridgehead atoms. The summed E-state index contributed by atoms with van der Waals surface area (Å²) >= 11 is 1.47. The van der Waals surface area contributed by atoms with Crippen molar-refractivity contribution >= 4 is 28.8 Å². The number of hydrogen-bond acceptors (Lipinski definition) is 8. The molecular weight excluding hydrogens is 454 g/mol. The molecule has 1 fully saturated rings. The number of rotatable bonds is 7. The van der Waals surface area contributed by atoms with Crippen LogP contribution in [0.4, 0.5) is 0 Å². The average Bonchev–Trinajstić information content (AvgIpc) is 3.48. The van der Waals surface area contributed by atoms with Crippen LogP contribution in [-0.4, -0.2) is 60.3 Å². The first-order valence-corrected chi connectivity index (χ1v) is 12.4. The Balaban J connectivity index is 1.76. The van der Waals surface area contributed by atoms with Crippen LogP contribution in [0.15, 0.2) is 45.6 Å². The summed E-state index contributed by atoms with van der Waals surface area (Å²) in [6.45, 7) is 7.06. The van der Waals surface area contributed by atoms with Crippen LogP contribution < -0.4 is 9.47 Å². The highest BCUT2D eigenvalue weighted by Gasteiger charge is 2.42. The summed E-state index contributed by atoms with van der Waals surface area (Å²) in [4.78, 5) is 34.9. The van der Waals surface area contributed by atoms with E-state index in [-0.39, 0.29) is 18.4 Å². The van der Waals surface area contributed by atoms with Crippen molar-refractivity contribution in [2.75, 3.05) is 27.3 Å². The fourth-order valence-electron chi connectivity index (χ4n) is 4.48. The summed E-state index contributed by atoms with van der Waals surface area (Å²) < 4.78 is 16.6. The molecule has 0 N–H and O–H groups in total. The van der Waals surface area contributed by atoms with Gasteiger partial charge in [0, 0.05) is 18.8 Å². The number of carbonyl (C=O) groups excluding carboxylic acids is 2. The van der Waals surface area contributed by atoms with Gasteiger partial charge >= 0.3 is 5.97 Å². The van der Waals surface area contributed by atoms with E-state index >= 15 is 0 Å². The third-order valence-corrected chi connectivity index (χ3v) is 6.97. The fraction of sp³-hybridized carbons (Fsp3) is 0.480. The third-order valence-electron chi connectivity index (χ3n) is 6.08. The van der Waals surface area contributed by atoms with Crippen molar-refractivity contribution in [1.29, 1.82) is 0 Å². The summed E-state index contributed by atoms with van der Waals surface area (Å²) in [5.41, 5.74) is 2.70. The van der Waals surface area contributed by atoms with Gasteiger partial charge in [0.15, 0.2) is 16.7 Å². The lowest BCUT2D eigenvalue weighted by Gasteiger charge is -2.37. The van der Waals surface area contributed by atoms with Crippen LogP contribution in [-0.2, 0) is 14.3 Å². The van der Waals surface area contributed by atoms with Gasteiger partial charge < -0.3 is 24.0 Å². The van der Waals surface area contributed by atoms with Crippen molar-refractivity contribution in [3.63, 3.8) is 0 Å². The summed E-state index contributed by atoms with van der Waals surface area (Å²) in [6.07, 6.45) is 2.06. The summed E-state index contributed by atoms with van der Waals surface area (Å²) in [5, 5.41) is 2.70. The van der Waals surface area contributed by atoms with Crippen LogP contribution in [0.1, 0.15) is 51.6 Å². The molecule has 3 heterocycles. The van der Waals surface area contributed by atoms with Gasteiger partial charge in [-0.1, -0.05) is 17.8 Å². The first-order chi connectivity index (χ1) is 16.3. The van der Waals surface area contributed by atoms with Gasteiger partial charge in [-0.15, -0.1) is 0 Å². The molecule has 3 aliphatic rings. The summed E-state index contributed by atoms with van der Waals surface area (Å²) in [6, 6.07) is 5.09. The van der Waals surface area contributed by atoms with Crippen LogP contribution >= 0.6 is 11.8 Å². The first kappa shape index (κ1) is 24.2. The number of ether oxygens (including phenoxy) is 3. The van der Waals surface area contributed by atoms with Gasteiger partial charge in [-0.05, 0) is 56.7 Å². The zero-order chi connectivity index (χ0) is 24.4. The van der Waals surface area contributed by atoms with E-state index in [4.69, 9.17) is 19.2 Å². The minimum Gasteiger partial charge on any atom is -0.493 e. The molecule has 1 amide bonds. The van der Waals surface area contributed by atoms with Crippen molar-refractivity contribution in [1.82, 2.24) is 9.80 Å². The van der Waals surface area contributed by atoms with Crippen LogP contribution in [0.3, 0.4) is 0 Å². The lowest BCUT2D eigenvalue weighted by atomic mass is 9.93. The lowest BCUT2D eigenvalue weighted by molar-refractivity contribution is -0.143. The van der Waals surface area contributed by atoms with Crippen LogP contribution in [0.25, 0.3) is 0 Å². The van der Waals surface area contributed by atoms with Crippen molar-refractivity contribution in [3.05, 3.63) is 46.1 Å². The molecule has 182 valence electrons. The van der Waals surface area contributed by atoms with Gasteiger partial charge in [-0.3, -0.25) is 4.79 Å². The summed E-state index contributed by atoms with van der Waals surface area (Å²) in [7, 11) is 3.16. The molecule has 4 rings (SSSR count). The molecular formula is C25H31N3O5S. The molecule has 9 heteroatoms. The van der Waals surface area contributed by atoms with E-state index in [2.05, 4.69) is 0 Å². The number of methoxy groups -OCH3 is 2. The quantitative estimate of drug-likeness (QED) is 0.534. The topological polar surface area (TPSA) is 80.7 Å². The Morgan fingerprint density at radius 2 is 1.85 bits per heavy atom. The zero-order valence-corrected chi connectivity index (χ0v) is 21.1. The maximum Gasteiger partial charge on any atom is 0.338 e. The number of allylic oxidation sites excluding steroid dienone is 1. The minimum absolute atomic E-state index is 0.0919. The van der Waals surface area contributed by atoms with Gasteiger partial charge in [-0.2, -0.15) is 0 Å². The second kappa shape index (κ2) is 10.1. The standard InChI is InChI=1S/C25H31N3O5S/c1-15(2)33-24(30)22-16(3)26-25-28(18(14-34-25)13-21(29)27-10-6-7-11-27)23(22)17-8-9-19(31-4)20(12-17)32-5/h8-9,12,14-15,23H,6-7,10-11,13H2,1-5H3. The number of fused-ring (bicyclic) bond motifs is 1. The van der Waals surface area contributed by atoms with E-state index < -0.39 is 12.0 Å². The number of hydrogen-bond donors (Lipinski definition) is 0. The van der Waals surface area contributed by atoms with Crippen LogP contribution in [0, 0.1) is 0 Å². The number of carbonyl (C=O) groups is 2. The smallest absolute Gasteiger partial charge is 0.338 e. The second-order valence-electron chi connectivity index (χ2n) is 8.73. The van der Waals surface area contributed by atoms with Crippen molar-refractivity contribution < 1.29 is 23.8 Å². The Bertz CT molecular complexity index is 1070. The number of thioether (sulfide) groups is 1. The monoisotopic (exact) mass is 485 g/mol. The Morgan fingerprint density at radius 3 is 2.50 bits per heavy atom. The average molecular weight is 486 g/mol. The molecule has 1 atom stereocenters. The normalized spacial score (nSPS) is 19.8. The van der Waals surface area contributed by atoms with E-state index in [0.717, 1.165) is 42.4 Å². The van der Waals surface area contributed by atoms with Gasteiger partial charge in [0.1, 0.15) is 0 Å². The van der Waals surface area contributed by atoms with E-state index in [9.17, 15) is 9.59 Å². The molecule has 34 heavy (non-hydrogen) atoms. The number of amidine groups is 1. The first-order valence-electron chi connectivity index (χ1n) is 11.5. The SMILES string of the molecule is COc1ccc(C2C(C(=O)OC(C)C)=C(C)N=C3SC=C(CC(=O)N4CCCC4)N32)cc1OC. The number of likely N-dealkylation sites (tertiary alicyclic amines) is 1. The molecule has 3 aliphatic heterocycles. The van der Waals surface area contributed by atoms with Gasteiger partial charge in [0.05, 0.1) is 44.1 Å². The number of nitrogens with zero attached hydrogens (tertiary/aromatic N) is 3.